The van der Waals surface area contributed by atoms with Crippen molar-refractivity contribution in [2.45, 2.75) is 32.7 Å². The summed E-state index contributed by atoms with van der Waals surface area (Å²) in [4.78, 5) is 7.78. The Morgan fingerprint density at radius 1 is 1.36 bits per heavy atom. The summed E-state index contributed by atoms with van der Waals surface area (Å²) in [5, 5.41) is 0.673. The molecule has 0 aliphatic heterocycles. The lowest BCUT2D eigenvalue weighted by Gasteiger charge is -2.19. The van der Waals surface area contributed by atoms with Crippen molar-refractivity contribution < 1.29 is 0 Å². The van der Waals surface area contributed by atoms with Crippen LogP contribution in [0.2, 0.25) is 0 Å². The summed E-state index contributed by atoms with van der Waals surface area (Å²) in [5.41, 5.74) is 7.00. The van der Waals surface area contributed by atoms with Gasteiger partial charge >= 0.3 is 0 Å². The fourth-order valence-electron chi connectivity index (χ4n) is 1.36. The maximum atomic E-state index is 5.74. The van der Waals surface area contributed by atoms with Crippen LogP contribution in [-0.4, -0.2) is 24.0 Å². The van der Waals surface area contributed by atoms with Crippen molar-refractivity contribution >= 4 is 16.5 Å². The quantitative estimate of drug-likeness (QED) is 0.818. The Bertz CT molecular complexity index is 310. The Labute approximate surface area is 89.9 Å². The van der Waals surface area contributed by atoms with Crippen LogP contribution in [0.25, 0.3) is 0 Å². The first-order valence-electron chi connectivity index (χ1n) is 4.71. The van der Waals surface area contributed by atoms with E-state index in [0.717, 1.165) is 12.2 Å². The van der Waals surface area contributed by atoms with Crippen LogP contribution in [-0.2, 0) is 12.0 Å². The molecule has 80 valence electrons. The molecule has 0 atom stereocenters. The molecule has 0 bridgehead atoms. The molecule has 14 heavy (non-hydrogen) atoms. The highest BCUT2D eigenvalue weighted by atomic mass is 32.1. The third-order valence-electron chi connectivity index (χ3n) is 1.86. The summed E-state index contributed by atoms with van der Waals surface area (Å²) in [6.07, 6.45) is 0. The fourth-order valence-corrected chi connectivity index (χ4v) is 2.26. The van der Waals surface area contributed by atoms with E-state index in [9.17, 15) is 0 Å². The summed E-state index contributed by atoms with van der Waals surface area (Å²) in [6.45, 7) is 7.44. The van der Waals surface area contributed by atoms with Gasteiger partial charge in [-0.1, -0.05) is 20.8 Å². The van der Waals surface area contributed by atoms with E-state index in [1.165, 1.54) is 4.88 Å². The van der Waals surface area contributed by atoms with Crippen molar-refractivity contribution in [3.05, 3.63) is 10.6 Å². The first kappa shape index (κ1) is 11.5. The predicted molar refractivity (Wildman–Crippen MR) is 62.6 cm³/mol. The van der Waals surface area contributed by atoms with Gasteiger partial charge in [-0.3, -0.25) is 0 Å². The minimum atomic E-state index is 0.140. The van der Waals surface area contributed by atoms with E-state index >= 15 is 0 Å². The van der Waals surface area contributed by atoms with Crippen LogP contribution in [0, 0.1) is 0 Å². The van der Waals surface area contributed by atoms with E-state index in [-0.39, 0.29) is 5.41 Å². The molecule has 0 saturated heterocycles. The average Bonchev–Trinajstić information content (AvgIpc) is 2.28. The van der Waals surface area contributed by atoms with Crippen molar-refractivity contribution in [3.8, 4) is 0 Å². The lowest BCUT2D eigenvalue weighted by Crippen LogP contribution is -2.17. The lowest BCUT2D eigenvalue weighted by molar-refractivity contribution is 0.393. The second-order valence-corrected chi connectivity index (χ2v) is 5.85. The molecule has 1 aromatic rings. The first-order valence-corrected chi connectivity index (χ1v) is 5.52. The standard InChI is InChI=1S/C10H19N3S/c1-10(2,3)8-7(6-13(4)5)12-9(11)14-8/h6H2,1-5H3,(H2,11,12). The molecule has 3 nitrogen and oxygen atoms in total. The first-order chi connectivity index (χ1) is 6.30. The lowest BCUT2D eigenvalue weighted by atomic mass is 9.93. The zero-order valence-corrected chi connectivity index (χ0v) is 10.4. The van der Waals surface area contributed by atoms with Crippen molar-refractivity contribution in [2.24, 2.45) is 0 Å². The molecule has 2 N–H and O–H groups in total. The van der Waals surface area contributed by atoms with E-state index in [1.807, 2.05) is 14.1 Å². The van der Waals surface area contributed by atoms with Crippen molar-refractivity contribution in [3.63, 3.8) is 0 Å². The van der Waals surface area contributed by atoms with Gasteiger partial charge in [-0.05, 0) is 19.5 Å². The fraction of sp³-hybridized carbons (Fsp3) is 0.700. The predicted octanol–water partition coefficient (Wildman–Crippen LogP) is 2.08. The summed E-state index contributed by atoms with van der Waals surface area (Å²) in [5.74, 6) is 0. The molecule has 0 aromatic carbocycles. The van der Waals surface area contributed by atoms with Crippen molar-refractivity contribution in [1.82, 2.24) is 9.88 Å². The van der Waals surface area contributed by atoms with Gasteiger partial charge in [0.2, 0.25) is 0 Å². The number of thiazole rings is 1. The van der Waals surface area contributed by atoms with Gasteiger partial charge in [-0.15, -0.1) is 11.3 Å². The molecule has 4 heteroatoms. The summed E-state index contributed by atoms with van der Waals surface area (Å²) < 4.78 is 0. The molecule has 0 spiro atoms. The monoisotopic (exact) mass is 213 g/mol. The van der Waals surface area contributed by atoms with Crippen LogP contribution >= 0.6 is 11.3 Å². The van der Waals surface area contributed by atoms with Crippen LogP contribution in [0.15, 0.2) is 0 Å². The highest BCUT2D eigenvalue weighted by molar-refractivity contribution is 7.15. The van der Waals surface area contributed by atoms with Gasteiger partial charge in [0.15, 0.2) is 5.13 Å². The van der Waals surface area contributed by atoms with Gasteiger partial charge < -0.3 is 10.6 Å². The van der Waals surface area contributed by atoms with Crippen molar-refractivity contribution in [1.29, 1.82) is 0 Å². The van der Waals surface area contributed by atoms with E-state index in [2.05, 4.69) is 30.7 Å². The second-order valence-electron chi connectivity index (χ2n) is 4.82. The molecule has 0 fully saturated rings. The molecule has 0 saturated carbocycles. The largest absolute Gasteiger partial charge is 0.375 e. The van der Waals surface area contributed by atoms with Gasteiger partial charge in [0, 0.05) is 11.4 Å². The molecule has 1 heterocycles. The Morgan fingerprint density at radius 2 is 1.93 bits per heavy atom. The van der Waals surface area contributed by atoms with Gasteiger partial charge in [0.1, 0.15) is 0 Å². The Kier molecular flexibility index (Phi) is 3.17. The normalized spacial score (nSPS) is 12.4. The van der Waals surface area contributed by atoms with Gasteiger partial charge in [0.25, 0.3) is 0 Å². The highest BCUT2D eigenvalue weighted by Gasteiger charge is 2.22. The molecule has 0 aliphatic carbocycles. The molecular weight excluding hydrogens is 194 g/mol. The molecule has 0 amide bonds. The van der Waals surface area contributed by atoms with E-state index in [0.29, 0.717) is 5.13 Å². The Morgan fingerprint density at radius 3 is 2.36 bits per heavy atom. The van der Waals surface area contributed by atoms with E-state index < -0.39 is 0 Å². The van der Waals surface area contributed by atoms with Crippen LogP contribution in [0.1, 0.15) is 31.3 Å². The van der Waals surface area contributed by atoms with Gasteiger partial charge in [-0.2, -0.15) is 0 Å². The number of rotatable bonds is 2. The number of anilines is 1. The third kappa shape index (κ3) is 2.69. The number of nitrogen functional groups attached to an aromatic ring is 1. The van der Waals surface area contributed by atoms with Crippen molar-refractivity contribution in [2.75, 3.05) is 19.8 Å². The smallest absolute Gasteiger partial charge is 0.180 e. The summed E-state index contributed by atoms with van der Waals surface area (Å²) in [6, 6.07) is 0. The third-order valence-corrected chi connectivity index (χ3v) is 3.21. The van der Waals surface area contributed by atoms with Crippen LogP contribution in [0.5, 0.6) is 0 Å². The van der Waals surface area contributed by atoms with E-state index in [1.54, 1.807) is 11.3 Å². The number of aromatic nitrogens is 1. The summed E-state index contributed by atoms with van der Waals surface area (Å²) in [7, 11) is 4.09. The molecule has 1 aromatic heterocycles. The Balaban J connectivity index is 3.03. The van der Waals surface area contributed by atoms with Crippen LogP contribution < -0.4 is 5.73 Å². The minimum Gasteiger partial charge on any atom is -0.375 e. The molecule has 0 unspecified atom stereocenters. The summed E-state index contributed by atoms with van der Waals surface area (Å²) >= 11 is 1.60. The van der Waals surface area contributed by atoms with Crippen LogP contribution in [0.4, 0.5) is 5.13 Å². The second kappa shape index (κ2) is 3.87. The van der Waals surface area contributed by atoms with Crippen LogP contribution in [0.3, 0.4) is 0 Å². The number of hydrogen-bond acceptors (Lipinski definition) is 4. The maximum Gasteiger partial charge on any atom is 0.180 e. The number of nitrogens with zero attached hydrogens (tertiary/aromatic N) is 2. The van der Waals surface area contributed by atoms with E-state index in [4.69, 9.17) is 5.73 Å². The molecule has 0 radical (unpaired) electrons. The highest BCUT2D eigenvalue weighted by Crippen LogP contribution is 2.33. The number of hydrogen-bond donors (Lipinski definition) is 1. The molecule has 1 rings (SSSR count). The zero-order valence-electron chi connectivity index (χ0n) is 9.59. The molecular formula is C10H19N3S. The number of nitrogens with two attached hydrogens (primary N) is 1. The SMILES string of the molecule is CN(C)Cc1nc(N)sc1C(C)(C)C. The Hall–Kier alpha value is -0.610. The average molecular weight is 213 g/mol. The van der Waals surface area contributed by atoms with Gasteiger partial charge in [-0.25, -0.2) is 4.98 Å². The zero-order chi connectivity index (χ0) is 10.9. The molecule has 0 aliphatic rings. The van der Waals surface area contributed by atoms with Gasteiger partial charge in [0.05, 0.1) is 5.69 Å². The topological polar surface area (TPSA) is 42.2 Å². The maximum absolute atomic E-state index is 5.74. The minimum absolute atomic E-state index is 0.140.